The average Bonchev–Trinajstić information content (AvgIpc) is 2.66. The second-order valence-electron chi connectivity index (χ2n) is 5.32. The number of carbonyl (C=O) groups is 2. The molecule has 0 aliphatic rings. The van der Waals surface area contributed by atoms with Crippen molar-refractivity contribution in [3.05, 3.63) is 71.3 Å². The van der Waals surface area contributed by atoms with E-state index in [1.54, 1.807) is 31.2 Å². The number of hydrogen-bond acceptors (Lipinski definition) is 5. The summed E-state index contributed by atoms with van der Waals surface area (Å²) in [5.74, 6) is -1.46. The van der Waals surface area contributed by atoms with Gasteiger partial charge in [0.05, 0.1) is 6.61 Å². The van der Waals surface area contributed by atoms with Gasteiger partial charge in [-0.2, -0.15) is 0 Å². The van der Waals surface area contributed by atoms with Gasteiger partial charge in [-0.25, -0.2) is 4.79 Å². The molecule has 2 rings (SSSR count). The van der Waals surface area contributed by atoms with Gasteiger partial charge in [-0.1, -0.05) is 30.3 Å². The molecule has 0 saturated carbocycles. The van der Waals surface area contributed by atoms with Crippen LogP contribution in [0.25, 0.3) is 5.76 Å². The Hall–Kier alpha value is -2.48. The summed E-state index contributed by atoms with van der Waals surface area (Å²) >= 11 is 0. The third-order valence-corrected chi connectivity index (χ3v) is 3.53. The van der Waals surface area contributed by atoms with E-state index in [9.17, 15) is 14.7 Å². The predicted molar refractivity (Wildman–Crippen MR) is 101 cm³/mol. The molecule has 0 bridgehead atoms. The zero-order valence-corrected chi connectivity index (χ0v) is 14.2. The molecule has 0 saturated heterocycles. The predicted octanol–water partition coefficient (Wildman–Crippen LogP) is 3.04. The van der Waals surface area contributed by atoms with Crippen molar-refractivity contribution in [2.24, 2.45) is 0 Å². The third-order valence-electron chi connectivity index (χ3n) is 3.53. The Kier molecular flexibility index (Phi) is 8.70. The third kappa shape index (κ3) is 5.80. The van der Waals surface area contributed by atoms with Crippen LogP contribution in [-0.2, 0) is 20.9 Å². The van der Waals surface area contributed by atoms with Gasteiger partial charge in [0.15, 0.2) is 0 Å². The summed E-state index contributed by atoms with van der Waals surface area (Å²) in [6.45, 7) is 3.53. The number of ketones is 1. The van der Waals surface area contributed by atoms with Gasteiger partial charge in [0.2, 0.25) is 0 Å². The van der Waals surface area contributed by atoms with Crippen LogP contribution in [0.3, 0.4) is 0 Å². The number of aliphatic hydroxyl groups is 1. The van der Waals surface area contributed by atoms with Crippen molar-refractivity contribution in [3.63, 3.8) is 0 Å². The number of aliphatic hydroxyl groups excluding tert-OH is 1. The molecule has 0 fully saturated rings. The Labute approximate surface area is 164 Å². The first kappa shape index (κ1) is 21.6. The second kappa shape index (κ2) is 10.5. The standard InChI is InChI=1S/C20H20O5.Li.H/c1-3-24-20(23)19(22)14(2)18(21)16-9-11-17(12-10-16)25-13-15-7-5-4-6-8-15;;/h4-12,21H,3,13H2,1-2H3;;. The fourth-order valence-electron chi connectivity index (χ4n) is 2.12. The number of carbonyl (C=O) groups excluding carboxylic acids is 2. The van der Waals surface area contributed by atoms with Gasteiger partial charge in [0.25, 0.3) is 5.78 Å². The summed E-state index contributed by atoms with van der Waals surface area (Å²) in [5, 5.41) is 10.2. The fraction of sp³-hybridized carbons (Fsp3) is 0.200. The molecule has 0 heterocycles. The van der Waals surface area contributed by atoms with E-state index in [0.717, 1.165) is 5.56 Å². The molecule has 0 aliphatic heterocycles. The minimum absolute atomic E-state index is 0. The molecule has 0 spiro atoms. The van der Waals surface area contributed by atoms with E-state index in [2.05, 4.69) is 4.74 Å². The van der Waals surface area contributed by atoms with E-state index in [1.165, 1.54) is 6.92 Å². The first-order valence-corrected chi connectivity index (χ1v) is 7.91. The van der Waals surface area contributed by atoms with E-state index in [1.807, 2.05) is 30.3 Å². The minimum atomic E-state index is -0.977. The van der Waals surface area contributed by atoms with Crippen LogP contribution in [0, 0.1) is 0 Å². The molecule has 0 unspecified atom stereocenters. The van der Waals surface area contributed by atoms with Gasteiger partial charge >= 0.3 is 24.8 Å². The molecule has 2 aromatic rings. The van der Waals surface area contributed by atoms with Gasteiger partial charge in [-0.3, -0.25) is 4.79 Å². The Morgan fingerprint density at radius 2 is 1.62 bits per heavy atom. The molecule has 2 aromatic carbocycles. The van der Waals surface area contributed by atoms with Crippen molar-refractivity contribution in [1.82, 2.24) is 0 Å². The monoisotopic (exact) mass is 348 g/mol. The molecule has 0 radical (unpaired) electrons. The summed E-state index contributed by atoms with van der Waals surface area (Å²) in [6.07, 6.45) is 0. The van der Waals surface area contributed by atoms with Crippen LogP contribution in [0.5, 0.6) is 5.75 Å². The number of ether oxygens (including phenoxy) is 2. The molecule has 132 valence electrons. The van der Waals surface area contributed by atoms with Crippen molar-refractivity contribution in [3.8, 4) is 5.75 Å². The van der Waals surface area contributed by atoms with Crippen molar-refractivity contribution in [1.29, 1.82) is 0 Å². The van der Waals surface area contributed by atoms with E-state index < -0.39 is 11.8 Å². The Morgan fingerprint density at radius 1 is 1.00 bits per heavy atom. The van der Waals surface area contributed by atoms with Crippen LogP contribution in [0.4, 0.5) is 0 Å². The van der Waals surface area contributed by atoms with Crippen LogP contribution in [0.15, 0.2) is 60.2 Å². The maximum absolute atomic E-state index is 11.9. The van der Waals surface area contributed by atoms with Gasteiger partial charge < -0.3 is 14.6 Å². The number of benzene rings is 2. The van der Waals surface area contributed by atoms with Crippen molar-refractivity contribution in [2.45, 2.75) is 20.5 Å². The number of rotatable bonds is 7. The van der Waals surface area contributed by atoms with Crippen LogP contribution < -0.4 is 4.74 Å². The van der Waals surface area contributed by atoms with Gasteiger partial charge in [0.1, 0.15) is 18.1 Å². The average molecular weight is 348 g/mol. The van der Waals surface area contributed by atoms with Crippen molar-refractivity contribution in [2.75, 3.05) is 6.61 Å². The summed E-state index contributed by atoms with van der Waals surface area (Å²) in [5.41, 5.74) is 1.41. The quantitative estimate of drug-likeness (QED) is 0.274. The van der Waals surface area contributed by atoms with Gasteiger partial charge in [0, 0.05) is 11.1 Å². The zero-order valence-electron chi connectivity index (χ0n) is 14.2. The molecule has 0 atom stereocenters. The molecule has 6 heteroatoms. The van der Waals surface area contributed by atoms with Crippen LogP contribution in [0.1, 0.15) is 25.0 Å². The molecule has 0 aromatic heterocycles. The molecule has 5 nitrogen and oxygen atoms in total. The van der Waals surface area contributed by atoms with Crippen molar-refractivity contribution >= 4 is 36.4 Å². The first-order valence-electron chi connectivity index (χ1n) is 7.91. The Bertz CT molecular complexity index is 767. The number of esters is 1. The first-order chi connectivity index (χ1) is 12.0. The molecule has 0 aliphatic carbocycles. The van der Waals surface area contributed by atoms with E-state index in [-0.39, 0.29) is 36.8 Å². The summed E-state index contributed by atoms with van der Waals surface area (Å²) in [4.78, 5) is 23.3. The molecule has 0 amide bonds. The van der Waals surface area contributed by atoms with Crippen molar-refractivity contribution < 1.29 is 24.2 Å². The molecule has 26 heavy (non-hydrogen) atoms. The topological polar surface area (TPSA) is 72.8 Å². The molecule has 1 N–H and O–H groups in total. The Morgan fingerprint density at radius 3 is 2.19 bits per heavy atom. The zero-order chi connectivity index (χ0) is 18.2. The van der Waals surface area contributed by atoms with E-state index in [4.69, 9.17) is 4.74 Å². The summed E-state index contributed by atoms with van der Waals surface area (Å²) in [6, 6.07) is 16.4. The van der Waals surface area contributed by atoms with Crippen LogP contribution in [0.2, 0.25) is 0 Å². The van der Waals surface area contributed by atoms with Crippen LogP contribution in [-0.4, -0.2) is 42.3 Å². The number of Topliss-reactive ketones (excluding diaryl/α,β-unsaturated/α-hetero) is 1. The fourth-order valence-corrected chi connectivity index (χ4v) is 2.12. The van der Waals surface area contributed by atoms with Gasteiger partial charge in [-0.15, -0.1) is 0 Å². The number of hydrogen-bond donors (Lipinski definition) is 1. The normalized spacial score (nSPS) is 11.0. The van der Waals surface area contributed by atoms with Gasteiger partial charge in [-0.05, 0) is 43.7 Å². The molecular weight excluding hydrogens is 327 g/mol. The van der Waals surface area contributed by atoms with E-state index in [0.29, 0.717) is 17.9 Å². The molecular formula is C20H21LiO5. The summed E-state index contributed by atoms with van der Waals surface area (Å²) in [7, 11) is 0. The second-order valence-corrected chi connectivity index (χ2v) is 5.32. The maximum atomic E-state index is 11.9. The Balaban J connectivity index is 0.00000338. The summed E-state index contributed by atoms with van der Waals surface area (Å²) < 4.78 is 10.3. The van der Waals surface area contributed by atoms with Crippen LogP contribution >= 0.6 is 0 Å². The van der Waals surface area contributed by atoms with E-state index >= 15 is 0 Å². The SMILES string of the molecule is CCOC(=O)C(=O)C(C)=C(O)c1ccc(OCc2ccccc2)cc1.[LiH].